The van der Waals surface area contributed by atoms with Gasteiger partial charge in [-0.1, -0.05) is 29.5 Å². The molecule has 188 valence electrons. The number of anilines is 1. The van der Waals surface area contributed by atoms with Crippen LogP contribution in [-0.4, -0.2) is 55.0 Å². The molecule has 4 aromatic rings. The van der Waals surface area contributed by atoms with E-state index in [1.54, 1.807) is 6.20 Å². The second-order valence-corrected chi connectivity index (χ2v) is 9.89. The molecule has 0 radical (unpaired) electrons. The van der Waals surface area contributed by atoms with Crippen molar-refractivity contribution >= 4 is 28.0 Å². The summed E-state index contributed by atoms with van der Waals surface area (Å²) >= 11 is 1.39. The van der Waals surface area contributed by atoms with Crippen molar-refractivity contribution in [2.45, 2.75) is 25.0 Å². The summed E-state index contributed by atoms with van der Waals surface area (Å²) in [5, 5.41) is 21.5. The smallest absolute Gasteiger partial charge is 0.327 e. The maximum atomic E-state index is 14.8. The number of thiazole rings is 1. The first-order valence-corrected chi connectivity index (χ1v) is 12.4. The van der Waals surface area contributed by atoms with E-state index in [0.29, 0.717) is 48.0 Å². The maximum absolute atomic E-state index is 14.8. The molecule has 1 fully saturated rings. The lowest BCUT2D eigenvalue weighted by atomic mass is 9.83. The molecule has 1 saturated heterocycles. The SMILES string of the molecule is O=C(O)Cn1nnc(-c2cnc(N3CCC4(C=C(c5cc(F)ccc5F)c5ccccc5O4)CC3)s2)n1. The summed E-state index contributed by atoms with van der Waals surface area (Å²) < 4.78 is 35.3. The molecule has 2 aliphatic rings. The van der Waals surface area contributed by atoms with E-state index < -0.39 is 23.2 Å². The van der Waals surface area contributed by atoms with E-state index in [1.807, 2.05) is 30.3 Å². The van der Waals surface area contributed by atoms with Crippen LogP contribution >= 0.6 is 11.3 Å². The largest absolute Gasteiger partial charge is 0.482 e. The van der Waals surface area contributed by atoms with Crippen molar-refractivity contribution in [3.8, 4) is 16.5 Å². The monoisotopic (exact) mass is 522 g/mol. The number of aromatic nitrogens is 5. The van der Waals surface area contributed by atoms with Gasteiger partial charge >= 0.3 is 5.97 Å². The van der Waals surface area contributed by atoms with Crippen LogP contribution in [0, 0.1) is 11.6 Å². The normalized spacial score (nSPS) is 16.3. The fraction of sp³-hybridized carbons (Fsp3) is 0.240. The second-order valence-electron chi connectivity index (χ2n) is 8.88. The van der Waals surface area contributed by atoms with Crippen molar-refractivity contribution in [1.29, 1.82) is 0 Å². The molecule has 12 heteroatoms. The number of ether oxygens (including phenoxy) is 1. The number of aliphatic carboxylic acids is 1. The molecule has 0 unspecified atom stereocenters. The lowest BCUT2D eigenvalue weighted by Gasteiger charge is -2.43. The highest BCUT2D eigenvalue weighted by Gasteiger charge is 2.40. The number of piperidine rings is 1. The number of benzene rings is 2. The Morgan fingerprint density at radius 2 is 1.95 bits per heavy atom. The number of carbonyl (C=O) groups is 1. The van der Waals surface area contributed by atoms with Gasteiger partial charge in [0.15, 0.2) is 11.7 Å². The molecule has 2 aliphatic heterocycles. The molecule has 2 aromatic heterocycles. The molecule has 1 spiro atoms. The van der Waals surface area contributed by atoms with Crippen molar-refractivity contribution in [3.05, 3.63) is 77.5 Å². The highest BCUT2D eigenvalue weighted by Crippen LogP contribution is 2.44. The fourth-order valence-corrected chi connectivity index (χ4v) is 5.55. The van der Waals surface area contributed by atoms with Gasteiger partial charge in [-0.3, -0.25) is 4.79 Å². The van der Waals surface area contributed by atoms with Gasteiger partial charge in [0.2, 0.25) is 5.82 Å². The molecule has 0 amide bonds. The molecule has 0 aliphatic carbocycles. The Morgan fingerprint density at radius 1 is 1.14 bits per heavy atom. The van der Waals surface area contributed by atoms with Crippen molar-refractivity contribution in [2.75, 3.05) is 18.0 Å². The van der Waals surface area contributed by atoms with Crippen molar-refractivity contribution < 1.29 is 23.4 Å². The van der Waals surface area contributed by atoms with Crippen molar-refractivity contribution in [3.63, 3.8) is 0 Å². The average molecular weight is 523 g/mol. The zero-order valence-corrected chi connectivity index (χ0v) is 20.2. The van der Waals surface area contributed by atoms with Crippen LogP contribution in [0.25, 0.3) is 16.3 Å². The van der Waals surface area contributed by atoms with Crippen LogP contribution in [0.15, 0.2) is 54.7 Å². The molecule has 0 bridgehead atoms. The van der Waals surface area contributed by atoms with Crippen LogP contribution in [0.4, 0.5) is 13.9 Å². The first-order valence-electron chi connectivity index (χ1n) is 11.6. The molecule has 4 heterocycles. The summed E-state index contributed by atoms with van der Waals surface area (Å²) in [5.74, 6) is -1.08. The van der Waals surface area contributed by atoms with Gasteiger partial charge in [0, 0.05) is 37.1 Å². The van der Waals surface area contributed by atoms with E-state index in [-0.39, 0.29) is 12.1 Å². The van der Waals surface area contributed by atoms with Crippen LogP contribution in [0.3, 0.4) is 0 Å². The third-order valence-corrected chi connectivity index (χ3v) is 7.49. The number of hydrogen-bond donors (Lipinski definition) is 1. The van der Waals surface area contributed by atoms with Crippen LogP contribution < -0.4 is 9.64 Å². The Bertz CT molecular complexity index is 1530. The van der Waals surface area contributed by atoms with Gasteiger partial charge in [0.25, 0.3) is 0 Å². The van der Waals surface area contributed by atoms with Crippen molar-refractivity contribution in [2.24, 2.45) is 0 Å². The van der Waals surface area contributed by atoms with Crippen LogP contribution in [-0.2, 0) is 11.3 Å². The van der Waals surface area contributed by atoms with Gasteiger partial charge in [-0.15, -0.1) is 10.2 Å². The number of hydrogen-bond acceptors (Lipinski definition) is 8. The quantitative estimate of drug-likeness (QED) is 0.419. The Balaban J connectivity index is 1.24. The highest BCUT2D eigenvalue weighted by atomic mass is 32.1. The number of tetrazole rings is 1. The molecule has 9 nitrogen and oxygen atoms in total. The lowest BCUT2D eigenvalue weighted by Crippen LogP contribution is -2.48. The standard InChI is InChI=1S/C25H20F2N6O3S/c26-15-5-6-19(27)17(11-15)18-12-25(36-20-4-2-1-3-16(18)20)7-9-32(10-8-25)24-28-13-21(37-24)23-29-31-33(30-23)14-22(34)35/h1-6,11-13H,7-10,14H2,(H,34,35). The summed E-state index contributed by atoms with van der Waals surface area (Å²) in [4.78, 5) is 19.2. The third-order valence-electron chi connectivity index (χ3n) is 6.44. The zero-order valence-electron chi connectivity index (χ0n) is 19.3. The van der Waals surface area contributed by atoms with E-state index in [0.717, 1.165) is 27.6 Å². The first-order chi connectivity index (χ1) is 17.9. The van der Waals surface area contributed by atoms with Crippen LogP contribution in [0.2, 0.25) is 0 Å². The lowest BCUT2D eigenvalue weighted by molar-refractivity contribution is -0.138. The number of carboxylic acids is 1. The van der Waals surface area contributed by atoms with Gasteiger partial charge in [-0.2, -0.15) is 4.80 Å². The number of nitrogens with zero attached hydrogens (tertiary/aromatic N) is 6. The predicted molar refractivity (Wildman–Crippen MR) is 131 cm³/mol. The zero-order chi connectivity index (χ0) is 25.6. The molecule has 37 heavy (non-hydrogen) atoms. The number of fused-ring (bicyclic) bond motifs is 1. The van der Waals surface area contributed by atoms with Gasteiger partial charge in [-0.25, -0.2) is 13.8 Å². The summed E-state index contributed by atoms with van der Waals surface area (Å²) in [7, 11) is 0. The van der Waals surface area contributed by atoms with Crippen LogP contribution in [0.1, 0.15) is 24.0 Å². The summed E-state index contributed by atoms with van der Waals surface area (Å²) in [6.45, 7) is 0.887. The van der Waals surface area contributed by atoms with Crippen molar-refractivity contribution in [1.82, 2.24) is 25.2 Å². The van der Waals surface area contributed by atoms with E-state index in [1.165, 1.54) is 17.4 Å². The number of para-hydroxylation sites is 1. The van der Waals surface area contributed by atoms with Crippen LogP contribution in [0.5, 0.6) is 5.75 Å². The Labute approximate surface area is 213 Å². The van der Waals surface area contributed by atoms with Gasteiger partial charge in [0.1, 0.15) is 23.0 Å². The minimum atomic E-state index is -1.05. The van der Waals surface area contributed by atoms with Gasteiger partial charge < -0.3 is 14.7 Å². The van der Waals surface area contributed by atoms with E-state index in [2.05, 4.69) is 25.3 Å². The topological polar surface area (TPSA) is 106 Å². The molecule has 0 atom stereocenters. The molecule has 2 aromatic carbocycles. The minimum Gasteiger partial charge on any atom is -0.482 e. The predicted octanol–water partition coefficient (Wildman–Crippen LogP) is 4.02. The molecule has 6 rings (SSSR count). The maximum Gasteiger partial charge on any atom is 0.327 e. The molecular formula is C25H20F2N6O3S. The number of carboxylic acid groups (broad SMARTS) is 1. The van der Waals surface area contributed by atoms with Gasteiger partial charge in [0.05, 0.1) is 11.1 Å². The van der Waals surface area contributed by atoms with E-state index in [9.17, 15) is 13.6 Å². The number of halogens is 2. The summed E-state index contributed by atoms with van der Waals surface area (Å²) in [5.41, 5.74) is 0.901. The third kappa shape index (κ3) is 4.44. The second kappa shape index (κ2) is 9.04. The van der Waals surface area contributed by atoms with Gasteiger partial charge in [-0.05, 0) is 41.1 Å². The minimum absolute atomic E-state index is 0.213. The summed E-state index contributed by atoms with van der Waals surface area (Å²) in [6, 6.07) is 10.9. The number of rotatable bonds is 5. The van der Waals surface area contributed by atoms with E-state index >= 15 is 0 Å². The summed E-state index contributed by atoms with van der Waals surface area (Å²) in [6.07, 6.45) is 4.81. The average Bonchev–Trinajstić information content (AvgIpc) is 3.55. The Hall–Kier alpha value is -4.19. The first kappa shape index (κ1) is 23.2. The Kier molecular flexibility index (Phi) is 5.67. The Morgan fingerprint density at radius 3 is 2.76 bits per heavy atom. The van der Waals surface area contributed by atoms with E-state index in [4.69, 9.17) is 9.84 Å². The molecular weight excluding hydrogens is 502 g/mol. The molecule has 0 saturated carbocycles. The molecule has 1 N–H and O–H groups in total. The highest BCUT2D eigenvalue weighted by molar-refractivity contribution is 7.18. The fourth-order valence-electron chi connectivity index (χ4n) is 4.66.